The second kappa shape index (κ2) is 12.6. The molecule has 0 spiro atoms. The Labute approximate surface area is 235 Å². The molecule has 13 heteroatoms. The largest absolute Gasteiger partial charge is 0.479 e. The van der Waals surface area contributed by atoms with Crippen molar-refractivity contribution in [3.63, 3.8) is 0 Å². The zero-order valence-corrected chi connectivity index (χ0v) is 22.6. The Balaban J connectivity index is 0.00000181. The number of hydrogen-bond donors (Lipinski definition) is 3. The zero-order chi connectivity index (χ0) is 28.9. The molecule has 2 aromatic heterocycles. The highest BCUT2D eigenvalue weighted by molar-refractivity contribution is 6.28. The fourth-order valence-electron chi connectivity index (χ4n) is 4.99. The van der Waals surface area contributed by atoms with Gasteiger partial charge in [-0.3, -0.25) is 4.57 Å². The third-order valence-electron chi connectivity index (χ3n) is 7.02. The lowest BCUT2D eigenvalue weighted by atomic mass is 9.94. The first-order valence-electron chi connectivity index (χ1n) is 12.7. The van der Waals surface area contributed by atoms with Gasteiger partial charge in [-0.25, -0.2) is 14.6 Å². The summed E-state index contributed by atoms with van der Waals surface area (Å²) in [5.74, 6) is -0.358. The highest BCUT2D eigenvalue weighted by Gasteiger charge is 2.50. The summed E-state index contributed by atoms with van der Waals surface area (Å²) in [6.07, 6.45) is 8.12. The molecule has 0 bridgehead atoms. The summed E-state index contributed by atoms with van der Waals surface area (Å²) in [6, 6.07) is 8.43. The Bertz CT molecular complexity index is 1370. The topological polar surface area (TPSA) is 160 Å². The van der Waals surface area contributed by atoms with Crippen molar-refractivity contribution in [1.82, 2.24) is 19.5 Å². The van der Waals surface area contributed by atoms with Gasteiger partial charge in [0.2, 0.25) is 5.28 Å². The molecular formula is C27H30ClN5O7. The number of ether oxygens (including phenoxy) is 2. The minimum atomic E-state index is -2.50. The number of rotatable bonds is 9. The average molecular weight is 572 g/mol. The molecule has 212 valence electrons. The molecule has 2 aliphatic heterocycles. The Morgan fingerprint density at radius 1 is 1.18 bits per heavy atom. The molecule has 0 aliphatic carbocycles. The molecule has 3 N–H and O–H groups in total. The van der Waals surface area contributed by atoms with Gasteiger partial charge in [-0.1, -0.05) is 30.3 Å². The Hall–Kier alpha value is -3.76. The van der Waals surface area contributed by atoms with Gasteiger partial charge in [0.1, 0.15) is 6.23 Å². The lowest BCUT2D eigenvalue weighted by molar-refractivity contribution is -0.188. The van der Waals surface area contributed by atoms with Crippen LogP contribution in [0.1, 0.15) is 31.1 Å². The van der Waals surface area contributed by atoms with Crippen molar-refractivity contribution >= 4 is 40.5 Å². The molecule has 3 aromatic rings. The summed E-state index contributed by atoms with van der Waals surface area (Å²) in [5.41, 5.74) is -0.917. The molecule has 3 atom stereocenters. The third kappa shape index (κ3) is 5.73. The van der Waals surface area contributed by atoms with Crippen LogP contribution in [0.3, 0.4) is 0 Å². The quantitative estimate of drug-likeness (QED) is 0.196. The van der Waals surface area contributed by atoms with E-state index in [4.69, 9.17) is 32.6 Å². The second-order valence-corrected chi connectivity index (χ2v) is 9.72. The number of carboxylic acid groups (broad SMARTS) is 2. The predicted molar refractivity (Wildman–Crippen MR) is 145 cm³/mol. The van der Waals surface area contributed by atoms with Crippen molar-refractivity contribution in [3.05, 3.63) is 47.5 Å². The van der Waals surface area contributed by atoms with Gasteiger partial charge < -0.3 is 29.7 Å². The number of aliphatic hydroxyl groups is 1. The van der Waals surface area contributed by atoms with Crippen LogP contribution in [0.15, 0.2) is 36.7 Å². The number of benzene rings is 1. The van der Waals surface area contributed by atoms with E-state index in [1.165, 1.54) is 0 Å². The number of terminal acetylenes is 1. The van der Waals surface area contributed by atoms with E-state index in [0.717, 1.165) is 33.0 Å². The monoisotopic (exact) mass is 571 g/mol. The fraction of sp³-hybridized carbons (Fsp3) is 0.444. The fourth-order valence-corrected chi connectivity index (χ4v) is 5.15. The molecule has 0 amide bonds. The Morgan fingerprint density at radius 2 is 1.85 bits per heavy atom. The number of fused-ring (bicyclic) bond motifs is 1. The maximum absolute atomic E-state index is 12.2. The van der Waals surface area contributed by atoms with Crippen LogP contribution in [-0.2, 0) is 25.5 Å². The number of aliphatic hydroxyl groups excluding tert-OH is 1. The van der Waals surface area contributed by atoms with Gasteiger partial charge in [0.15, 0.2) is 17.0 Å². The maximum atomic E-state index is 12.2. The van der Waals surface area contributed by atoms with Crippen molar-refractivity contribution in [2.24, 2.45) is 5.92 Å². The number of halogens is 1. The Morgan fingerprint density at radius 3 is 2.48 bits per heavy atom. The summed E-state index contributed by atoms with van der Waals surface area (Å²) in [7, 11) is 1.00. The summed E-state index contributed by atoms with van der Waals surface area (Å²) in [5, 5.41) is 26.9. The second-order valence-electron chi connectivity index (χ2n) is 9.38. The van der Waals surface area contributed by atoms with Crippen molar-refractivity contribution in [2.75, 3.05) is 31.7 Å². The molecule has 2 saturated heterocycles. The van der Waals surface area contributed by atoms with Crippen LogP contribution in [0.25, 0.3) is 11.2 Å². The summed E-state index contributed by atoms with van der Waals surface area (Å²) >= 11 is 6.25. The maximum Gasteiger partial charge on any atom is 0.348 e. The summed E-state index contributed by atoms with van der Waals surface area (Å²) in [4.78, 5) is 39.7. The molecule has 2 aliphatic rings. The number of aliphatic carboxylic acids is 2. The van der Waals surface area contributed by atoms with Gasteiger partial charge in [-0.15, -0.1) is 12.3 Å². The van der Waals surface area contributed by atoms with Crippen LogP contribution in [0.4, 0.5) is 5.82 Å². The van der Waals surface area contributed by atoms with Crippen LogP contribution in [0.2, 0.25) is 5.28 Å². The van der Waals surface area contributed by atoms with E-state index in [1.807, 2.05) is 0 Å². The zero-order valence-electron chi connectivity index (χ0n) is 21.8. The molecule has 40 heavy (non-hydrogen) atoms. The van der Waals surface area contributed by atoms with Crippen LogP contribution in [0, 0.1) is 18.3 Å². The van der Waals surface area contributed by atoms with Crippen LogP contribution >= 0.6 is 11.6 Å². The normalized spacial score (nSPS) is 20.6. The molecule has 0 saturated carbocycles. The molecular weight excluding hydrogens is 542 g/mol. The van der Waals surface area contributed by atoms with E-state index < -0.39 is 35.8 Å². The van der Waals surface area contributed by atoms with Gasteiger partial charge in [-0.2, -0.15) is 9.97 Å². The Kier molecular flexibility index (Phi) is 9.21. The summed E-state index contributed by atoms with van der Waals surface area (Å²) < 4.78 is 13.5. The smallest absolute Gasteiger partial charge is 0.348 e. The minimum absolute atomic E-state index is 0.0844. The number of hydrogen-bond acceptors (Lipinski definition) is 9. The van der Waals surface area contributed by atoms with E-state index in [0.29, 0.717) is 29.0 Å². The lowest BCUT2D eigenvalue weighted by Gasteiger charge is -2.27. The van der Waals surface area contributed by atoms with Gasteiger partial charge in [-0.05, 0) is 30.0 Å². The standard InChI is InChI=1S/C26H26ClN5O6.CH4O/c1-2-17-12-19(32-15-28-20-21(31-10-6-7-11-31)29-25(27)30-22(20)32)38-18(17)14-37-26(23(33)34,24(35)36)13-16-8-4-3-5-9-16;1-2/h1,3-5,8-9,15,17-19H,6-7,10-14H2,(H,33,34)(H,35,36);2H,1H3. The van der Waals surface area contributed by atoms with E-state index in [9.17, 15) is 19.8 Å². The van der Waals surface area contributed by atoms with Gasteiger partial charge in [0, 0.05) is 33.0 Å². The van der Waals surface area contributed by atoms with Crippen LogP contribution < -0.4 is 4.90 Å². The van der Waals surface area contributed by atoms with Crippen LogP contribution in [-0.4, -0.2) is 85.3 Å². The van der Waals surface area contributed by atoms with E-state index >= 15 is 0 Å². The summed E-state index contributed by atoms with van der Waals surface area (Å²) in [6.45, 7) is 1.37. The number of aromatic nitrogens is 4. The van der Waals surface area contributed by atoms with Gasteiger partial charge >= 0.3 is 11.9 Å². The first kappa shape index (κ1) is 29.2. The SMILES string of the molecule is C#CC1CC(n2cnc3c(N4CCCC4)nc(Cl)nc32)OC1COC(Cc1ccccc1)(C(=O)O)C(=O)O.CO. The van der Waals surface area contributed by atoms with Gasteiger partial charge in [0.25, 0.3) is 5.60 Å². The average Bonchev–Trinajstić information content (AvgIpc) is 3.72. The number of carboxylic acids is 2. The van der Waals surface area contributed by atoms with Crippen molar-refractivity contribution < 1.29 is 34.4 Å². The van der Waals surface area contributed by atoms with E-state index in [2.05, 4.69) is 25.8 Å². The molecule has 5 rings (SSSR count). The first-order valence-corrected chi connectivity index (χ1v) is 13.1. The number of imidazole rings is 1. The predicted octanol–water partition coefficient (Wildman–Crippen LogP) is 2.39. The third-order valence-corrected chi connectivity index (χ3v) is 7.19. The lowest BCUT2D eigenvalue weighted by Crippen LogP contribution is -2.52. The molecule has 0 radical (unpaired) electrons. The van der Waals surface area contributed by atoms with Crippen molar-refractivity contribution in [3.8, 4) is 12.3 Å². The van der Waals surface area contributed by atoms with E-state index in [1.54, 1.807) is 41.2 Å². The highest BCUT2D eigenvalue weighted by atomic mass is 35.5. The van der Waals surface area contributed by atoms with Crippen LogP contribution in [0.5, 0.6) is 0 Å². The number of carbonyl (C=O) groups is 2. The molecule has 3 unspecified atom stereocenters. The first-order chi connectivity index (χ1) is 19.3. The highest BCUT2D eigenvalue weighted by Crippen LogP contribution is 2.37. The molecule has 4 heterocycles. The number of nitrogens with zero attached hydrogens (tertiary/aromatic N) is 5. The number of anilines is 1. The molecule has 12 nitrogen and oxygen atoms in total. The van der Waals surface area contributed by atoms with Gasteiger partial charge in [0.05, 0.1) is 25.0 Å². The minimum Gasteiger partial charge on any atom is -0.479 e. The molecule has 1 aromatic carbocycles. The van der Waals surface area contributed by atoms with Crippen molar-refractivity contribution in [1.29, 1.82) is 0 Å². The molecule has 2 fully saturated rings. The van der Waals surface area contributed by atoms with E-state index in [-0.39, 0.29) is 18.3 Å². The van der Waals surface area contributed by atoms with Crippen molar-refractivity contribution in [2.45, 2.75) is 43.6 Å².